The number of hydrogen-bond acceptors (Lipinski definition) is 4. The van der Waals surface area contributed by atoms with Crippen LogP contribution in [0.25, 0.3) is 0 Å². The molecule has 0 aromatic carbocycles. The first kappa shape index (κ1) is 12.3. The first-order valence-electron chi connectivity index (χ1n) is 6.56. The molecule has 2 aliphatic heterocycles. The van der Waals surface area contributed by atoms with Gasteiger partial charge in [-0.1, -0.05) is 0 Å². The van der Waals surface area contributed by atoms with Crippen LogP contribution in [0.5, 0.6) is 0 Å². The van der Waals surface area contributed by atoms with Crippen LogP contribution in [0.15, 0.2) is 0 Å². The molecule has 2 fully saturated rings. The molecule has 0 aromatic rings. The van der Waals surface area contributed by atoms with Gasteiger partial charge in [0.05, 0.1) is 0 Å². The lowest BCUT2D eigenvalue weighted by Gasteiger charge is -2.43. The summed E-state index contributed by atoms with van der Waals surface area (Å²) in [6, 6.07) is 0.829. The molecule has 0 saturated carbocycles. The summed E-state index contributed by atoms with van der Waals surface area (Å²) in [6.07, 6.45) is 2.47. The van der Waals surface area contributed by atoms with Gasteiger partial charge in [0.25, 0.3) is 0 Å². The summed E-state index contributed by atoms with van der Waals surface area (Å²) in [5.74, 6) is 0. The summed E-state index contributed by atoms with van der Waals surface area (Å²) in [6.45, 7) is 9.59. The van der Waals surface area contributed by atoms with Crippen molar-refractivity contribution in [2.75, 3.05) is 59.5 Å². The van der Waals surface area contributed by atoms with E-state index in [0.29, 0.717) is 0 Å². The molecule has 2 aliphatic rings. The molecule has 2 heterocycles. The fourth-order valence-corrected chi connectivity index (χ4v) is 2.47. The van der Waals surface area contributed by atoms with Crippen molar-refractivity contribution in [1.29, 1.82) is 0 Å². The van der Waals surface area contributed by atoms with Gasteiger partial charge in [-0.3, -0.25) is 4.90 Å². The Labute approximate surface area is 98.9 Å². The van der Waals surface area contributed by atoms with E-state index < -0.39 is 0 Å². The average Bonchev–Trinajstić information content (AvgIpc) is 2.24. The average molecular weight is 227 g/mol. The van der Waals surface area contributed by atoms with E-state index in [0.717, 1.165) is 12.6 Å². The van der Waals surface area contributed by atoms with Gasteiger partial charge in [-0.2, -0.15) is 0 Å². The second-order valence-electron chi connectivity index (χ2n) is 4.89. The number of piperazine rings is 1. The van der Waals surface area contributed by atoms with E-state index in [4.69, 9.17) is 4.74 Å². The van der Waals surface area contributed by atoms with Gasteiger partial charge in [0, 0.05) is 59.0 Å². The van der Waals surface area contributed by atoms with E-state index in [-0.39, 0.29) is 0 Å². The Morgan fingerprint density at radius 2 is 1.88 bits per heavy atom. The highest BCUT2D eigenvalue weighted by Crippen LogP contribution is 2.10. The summed E-state index contributed by atoms with van der Waals surface area (Å²) in [4.78, 5) is 5.24. The molecule has 94 valence electrons. The summed E-state index contributed by atoms with van der Waals surface area (Å²) in [5, 5.41) is 3.35. The third-order valence-electron chi connectivity index (χ3n) is 3.76. The Morgan fingerprint density at radius 3 is 2.44 bits per heavy atom. The maximum Gasteiger partial charge on any atom is 0.0462 e. The third-order valence-corrected chi connectivity index (χ3v) is 3.76. The standard InChI is InChI=1S/C12H25N3O/c1-16-9-3-2-4-14-5-7-15(8-6-14)12-10-13-11-12/h12-13H,2-11H2,1H3. The Hall–Kier alpha value is -0.160. The normalized spacial score (nSPS) is 24.6. The topological polar surface area (TPSA) is 27.7 Å². The molecule has 0 aliphatic carbocycles. The zero-order chi connectivity index (χ0) is 11.2. The molecule has 4 nitrogen and oxygen atoms in total. The molecule has 2 saturated heterocycles. The third kappa shape index (κ3) is 3.42. The first-order valence-corrected chi connectivity index (χ1v) is 6.56. The van der Waals surface area contributed by atoms with Gasteiger partial charge in [-0.25, -0.2) is 0 Å². The number of hydrogen-bond donors (Lipinski definition) is 1. The molecule has 16 heavy (non-hydrogen) atoms. The van der Waals surface area contributed by atoms with E-state index in [1.54, 1.807) is 7.11 Å². The van der Waals surface area contributed by atoms with Crippen molar-refractivity contribution in [1.82, 2.24) is 15.1 Å². The molecule has 0 unspecified atom stereocenters. The largest absolute Gasteiger partial charge is 0.385 e. The highest BCUT2D eigenvalue weighted by atomic mass is 16.5. The van der Waals surface area contributed by atoms with Crippen LogP contribution in [-0.4, -0.2) is 75.4 Å². The number of rotatable bonds is 6. The van der Waals surface area contributed by atoms with Crippen molar-refractivity contribution < 1.29 is 4.74 Å². The fourth-order valence-electron chi connectivity index (χ4n) is 2.47. The van der Waals surface area contributed by atoms with Crippen LogP contribution in [0.1, 0.15) is 12.8 Å². The number of methoxy groups -OCH3 is 1. The van der Waals surface area contributed by atoms with E-state index in [1.807, 2.05) is 0 Å². The van der Waals surface area contributed by atoms with Gasteiger partial charge >= 0.3 is 0 Å². The molecule has 4 heteroatoms. The Kier molecular flexibility index (Phi) is 5.03. The van der Waals surface area contributed by atoms with Crippen molar-refractivity contribution in [3.8, 4) is 0 Å². The Bertz CT molecular complexity index is 189. The zero-order valence-corrected chi connectivity index (χ0v) is 10.5. The summed E-state index contributed by atoms with van der Waals surface area (Å²) in [5.41, 5.74) is 0. The van der Waals surface area contributed by atoms with E-state index >= 15 is 0 Å². The number of unbranched alkanes of at least 4 members (excludes halogenated alkanes) is 1. The highest BCUT2D eigenvalue weighted by Gasteiger charge is 2.27. The van der Waals surface area contributed by atoms with Crippen LogP contribution in [0.2, 0.25) is 0 Å². The van der Waals surface area contributed by atoms with Crippen molar-refractivity contribution in [3.05, 3.63) is 0 Å². The minimum atomic E-state index is 0.829. The lowest BCUT2D eigenvalue weighted by atomic mass is 10.1. The predicted octanol–water partition coefficient (Wildman–Crippen LogP) is 0.00240. The number of nitrogens with one attached hydrogen (secondary N) is 1. The molecular weight excluding hydrogens is 202 g/mol. The number of nitrogens with zero attached hydrogens (tertiary/aromatic N) is 2. The second-order valence-corrected chi connectivity index (χ2v) is 4.89. The molecule has 0 atom stereocenters. The lowest BCUT2D eigenvalue weighted by molar-refractivity contribution is 0.0709. The monoisotopic (exact) mass is 227 g/mol. The molecule has 0 amide bonds. The SMILES string of the molecule is COCCCCN1CCN(C2CNC2)CC1. The van der Waals surface area contributed by atoms with Crippen molar-refractivity contribution in [2.45, 2.75) is 18.9 Å². The van der Waals surface area contributed by atoms with Gasteiger partial charge in [0.2, 0.25) is 0 Å². The lowest BCUT2D eigenvalue weighted by Crippen LogP contribution is -2.61. The van der Waals surface area contributed by atoms with Crippen LogP contribution in [0.4, 0.5) is 0 Å². The Morgan fingerprint density at radius 1 is 1.12 bits per heavy atom. The smallest absolute Gasteiger partial charge is 0.0462 e. The molecule has 0 bridgehead atoms. The van der Waals surface area contributed by atoms with Gasteiger partial charge in [0.1, 0.15) is 0 Å². The maximum atomic E-state index is 5.07. The fraction of sp³-hybridized carbons (Fsp3) is 1.00. The Balaban J connectivity index is 1.54. The van der Waals surface area contributed by atoms with E-state index in [1.165, 1.54) is 58.7 Å². The number of ether oxygens (including phenoxy) is 1. The second kappa shape index (κ2) is 6.55. The van der Waals surface area contributed by atoms with Crippen LogP contribution in [-0.2, 0) is 4.74 Å². The van der Waals surface area contributed by atoms with Gasteiger partial charge in [-0.05, 0) is 19.4 Å². The predicted molar refractivity (Wildman–Crippen MR) is 65.8 cm³/mol. The molecule has 0 radical (unpaired) electrons. The molecular formula is C12H25N3O. The minimum absolute atomic E-state index is 0.829. The van der Waals surface area contributed by atoms with Crippen LogP contribution in [0, 0.1) is 0 Å². The quantitative estimate of drug-likeness (QED) is 0.647. The van der Waals surface area contributed by atoms with Crippen LogP contribution < -0.4 is 5.32 Å². The van der Waals surface area contributed by atoms with Gasteiger partial charge in [0.15, 0.2) is 0 Å². The van der Waals surface area contributed by atoms with Crippen molar-refractivity contribution in [3.63, 3.8) is 0 Å². The molecule has 0 spiro atoms. The summed E-state index contributed by atoms with van der Waals surface area (Å²) >= 11 is 0. The van der Waals surface area contributed by atoms with Crippen LogP contribution in [0.3, 0.4) is 0 Å². The van der Waals surface area contributed by atoms with Gasteiger partial charge in [-0.15, -0.1) is 0 Å². The van der Waals surface area contributed by atoms with Gasteiger partial charge < -0.3 is 15.0 Å². The zero-order valence-electron chi connectivity index (χ0n) is 10.5. The van der Waals surface area contributed by atoms with Crippen LogP contribution >= 0.6 is 0 Å². The summed E-state index contributed by atoms with van der Waals surface area (Å²) < 4.78 is 5.07. The van der Waals surface area contributed by atoms with E-state index in [2.05, 4.69) is 15.1 Å². The van der Waals surface area contributed by atoms with Crippen molar-refractivity contribution in [2.24, 2.45) is 0 Å². The molecule has 2 rings (SSSR count). The summed E-state index contributed by atoms with van der Waals surface area (Å²) in [7, 11) is 1.78. The maximum absolute atomic E-state index is 5.07. The highest BCUT2D eigenvalue weighted by molar-refractivity contribution is 4.87. The first-order chi connectivity index (χ1) is 7.90. The van der Waals surface area contributed by atoms with Crippen molar-refractivity contribution >= 4 is 0 Å². The minimum Gasteiger partial charge on any atom is -0.385 e. The molecule has 1 N–H and O–H groups in total. The van der Waals surface area contributed by atoms with E-state index in [9.17, 15) is 0 Å². The molecule has 0 aromatic heterocycles.